The summed E-state index contributed by atoms with van der Waals surface area (Å²) in [7, 11) is 0. The number of carbonyl (C=O) groups is 2. The molecule has 0 saturated heterocycles. The molecule has 2 N–H and O–H groups in total. The summed E-state index contributed by atoms with van der Waals surface area (Å²) in [6, 6.07) is 6.45. The highest BCUT2D eigenvalue weighted by atomic mass is 79.9. The van der Waals surface area contributed by atoms with Crippen molar-refractivity contribution in [3.8, 4) is 6.07 Å². The largest absolute Gasteiger partial charge is 0.480 e. The van der Waals surface area contributed by atoms with Crippen molar-refractivity contribution in [1.29, 1.82) is 5.26 Å². The summed E-state index contributed by atoms with van der Waals surface area (Å²) in [4.78, 5) is 22.6. The van der Waals surface area contributed by atoms with Crippen molar-refractivity contribution >= 4 is 33.6 Å². The van der Waals surface area contributed by atoms with Crippen LogP contribution < -0.4 is 4.90 Å². The average Bonchev–Trinajstić information content (AvgIpc) is 2.26. The van der Waals surface area contributed by atoms with Gasteiger partial charge in [0, 0.05) is 4.47 Å². The number of carboxylic acid groups (broad SMARTS) is 2. The molecule has 0 heterocycles. The van der Waals surface area contributed by atoms with Gasteiger partial charge in [-0.15, -0.1) is 0 Å². The second kappa shape index (κ2) is 6.02. The molecule has 0 fully saturated rings. The number of rotatable bonds is 5. The molecule has 0 aliphatic rings. The van der Waals surface area contributed by atoms with Gasteiger partial charge in [0.2, 0.25) is 0 Å². The maximum atomic E-state index is 10.7. The highest BCUT2D eigenvalue weighted by Crippen LogP contribution is 2.27. The lowest BCUT2D eigenvalue weighted by Gasteiger charge is -2.21. The van der Waals surface area contributed by atoms with Crippen LogP contribution in [0.1, 0.15) is 5.56 Å². The Kier molecular flexibility index (Phi) is 4.68. The highest BCUT2D eigenvalue weighted by molar-refractivity contribution is 9.10. The summed E-state index contributed by atoms with van der Waals surface area (Å²) in [6.45, 7) is -0.867. The van der Waals surface area contributed by atoms with Crippen LogP contribution in [0, 0.1) is 11.3 Å². The molecule has 0 radical (unpaired) electrons. The maximum absolute atomic E-state index is 10.7. The van der Waals surface area contributed by atoms with Gasteiger partial charge in [0.15, 0.2) is 0 Å². The van der Waals surface area contributed by atoms with Crippen molar-refractivity contribution in [1.82, 2.24) is 0 Å². The van der Waals surface area contributed by atoms with E-state index < -0.39 is 25.0 Å². The topological polar surface area (TPSA) is 102 Å². The summed E-state index contributed by atoms with van der Waals surface area (Å²) in [5, 5.41) is 26.2. The SMILES string of the molecule is N#Cc1ccc(N(CC(=O)O)CC(=O)O)c(Br)c1. The minimum atomic E-state index is -1.13. The Labute approximate surface area is 111 Å². The Morgan fingerprint density at radius 2 is 1.83 bits per heavy atom. The van der Waals surface area contributed by atoms with Crippen LogP contribution in [-0.2, 0) is 9.59 Å². The normalized spacial score (nSPS) is 9.56. The minimum absolute atomic E-state index is 0.399. The molecular formula is C11H9BrN2O4. The monoisotopic (exact) mass is 312 g/mol. The van der Waals surface area contributed by atoms with Crippen molar-refractivity contribution in [3.63, 3.8) is 0 Å². The van der Waals surface area contributed by atoms with Crippen LogP contribution in [0.25, 0.3) is 0 Å². The van der Waals surface area contributed by atoms with Crippen molar-refractivity contribution in [2.75, 3.05) is 18.0 Å². The third-order valence-electron chi connectivity index (χ3n) is 2.07. The molecule has 7 heteroatoms. The zero-order valence-electron chi connectivity index (χ0n) is 9.13. The van der Waals surface area contributed by atoms with Crippen LogP contribution >= 0.6 is 15.9 Å². The van der Waals surface area contributed by atoms with Gasteiger partial charge in [-0.2, -0.15) is 5.26 Å². The number of halogens is 1. The second-order valence-corrected chi connectivity index (χ2v) is 4.28. The molecule has 1 aromatic carbocycles. The second-order valence-electron chi connectivity index (χ2n) is 3.42. The maximum Gasteiger partial charge on any atom is 0.323 e. The Balaban J connectivity index is 3.08. The smallest absolute Gasteiger partial charge is 0.323 e. The molecule has 1 aromatic rings. The fourth-order valence-corrected chi connectivity index (χ4v) is 2.02. The van der Waals surface area contributed by atoms with E-state index in [4.69, 9.17) is 15.5 Å². The van der Waals surface area contributed by atoms with Crippen molar-refractivity contribution in [2.45, 2.75) is 0 Å². The van der Waals surface area contributed by atoms with Gasteiger partial charge in [-0.1, -0.05) is 0 Å². The number of nitrogens with zero attached hydrogens (tertiary/aromatic N) is 2. The van der Waals surface area contributed by atoms with Gasteiger partial charge in [0.25, 0.3) is 0 Å². The lowest BCUT2D eigenvalue weighted by molar-refractivity contribution is -0.136. The van der Waals surface area contributed by atoms with Crippen LogP contribution in [0.3, 0.4) is 0 Å². The van der Waals surface area contributed by atoms with Gasteiger partial charge in [0.1, 0.15) is 13.1 Å². The van der Waals surface area contributed by atoms with Crippen LogP contribution in [0.15, 0.2) is 22.7 Å². The van der Waals surface area contributed by atoms with Gasteiger partial charge in [0.05, 0.1) is 17.3 Å². The van der Waals surface area contributed by atoms with E-state index in [1.165, 1.54) is 23.1 Å². The quantitative estimate of drug-likeness (QED) is 0.849. The standard InChI is InChI=1S/C11H9BrN2O4/c12-8-3-7(4-13)1-2-9(8)14(5-10(15)16)6-11(17)18/h1-3H,5-6H2,(H,15,16)(H,17,18). The van der Waals surface area contributed by atoms with Crippen molar-refractivity contribution in [2.24, 2.45) is 0 Å². The van der Waals surface area contributed by atoms with E-state index >= 15 is 0 Å². The molecule has 0 unspecified atom stereocenters. The van der Waals surface area contributed by atoms with Gasteiger partial charge in [-0.3, -0.25) is 9.59 Å². The molecule has 0 aromatic heterocycles. The van der Waals surface area contributed by atoms with Crippen LogP contribution in [0.4, 0.5) is 5.69 Å². The first-order chi connectivity index (χ1) is 8.43. The number of benzene rings is 1. The molecule has 0 amide bonds. The van der Waals surface area contributed by atoms with Crippen molar-refractivity contribution < 1.29 is 19.8 Å². The first-order valence-corrected chi connectivity index (χ1v) is 5.61. The van der Waals surface area contributed by atoms with Gasteiger partial charge >= 0.3 is 11.9 Å². The Morgan fingerprint density at radius 3 is 2.22 bits per heavy atom. The molecule has 94 valence electrons. The van der Waals surface area contributed by atoms with E-state index in [9.17, 15) is 9.59 Å². The van der Waals surface area contributed by atoms with E-state index in [0.29, 0.717) is 15.7 Å². The first-order valence-electron chi connectivity index (χ1n) is 4.82. The molecular weight excluding hydrogens is 304 g/mol. The molecule has 0 saturated carbocycles. The third-order valence-corrected chi connectivity index (χ3v) is 2.70. The number of anilines is 1. The summed E-state index contributed by atoms with van der Waals surface area (Å²) in [5.74, 6) is -2.26. The third kappa shape index (κ3) is 3.75. The molecule has 0 spiro atoms. The molecule has 18 heavy (non-hydrogen) atoms. The van der Waals surface area contributed by atoms with E-state index in [0.717, 1.165) is 0 Å². The van der Waals surface area contributed by atoms with E-state index in [2.05, 4.69) is 15.9 Å². The van der Waals surface area contributed by atoms with E-state index in [1.807, 2.05) is 6.07 Å². The Bertz CT molecular complexity index is 508. The average molecular weight is 313 g/mol. The van der Waals surface area contributed by atoms with Crippen molar-refractivity contribution in [3.05, 3.63) is 28.2 Å². The summed E-state index contributed by atoms with van der Waals surface area (Å²) < 4.78 is 0.476. The van der Waals surface area contributed by atoms with Gasteiger partial charge in [-0.05, 0) is 34.1 Å². The molecule has 0 aliphatic carbocycles. The van der Waals surface area contributed by atoms with Gasteiger partial charge < -0.3 is 15.1 Å². The van der Waals surface area contributed by atoms with E-state index in [1.54, 1.807) is 0 Å². The number of nitriles is 1. The Hall–Kier alpha value is -2.07. The predicted octanol–water partition coefficient (Wildman–Crippen LogP) is 1.30. The fourth-order valence-electron chi connectivity index (χ4n) is 1.39. The zero-order valence-corrected chi connectivity index (χ0v) is 10.7. The number of hydrogen-bond donors (Lipinski definition) is 2. The summed E-state index contributed by atoms with van der Waals surface area (Å²) >= 11 is 3.19. The predicted molar refractivity (Wildman–Crippen MR) is 66.3 cm³/mol. The van der Waals surface area contributed by atoms with Crippen LogP contribution in [-0.4, -0.2) is 35.2 Å². The zero-order chi connectivity index (χ0) is 13.7. The molecule has 0 bridgehead atoms. The number of carboxylic acids is 2. The van der Waals surface area contributed by atoms with Gasteiger partial charge in [-0.25, -0.2) is 0 Å². The summed E-state index contributed by atoms with van der Waals surface area (Å²) in [5.41, 5.74) is 0.815. The fraction of sp³-hybridized carbons (Fsp3) is 0.182. The first kappa shape index (κ1) is 14.0. The van der Waals surface area contributed by atoms with Crippen LogP contribution in [0.5, 0.6) is 0 Å². The van der Waals surface area contributed by atoms with E-state index in [-0.39, 0.29) is 0 Å². The lowest BCUT2D eigenvalue weighted by atomic mass is 10.2. The molecule has 0 aliphatic heterocycles. The number of aliphatic carboxylic acids is 2. The molecule has 1 rings (SSSR count). The molecule has 0 atom stereocenters. The number of hydrogen-bond acceptors (Lipinski definition) is 4. The Morgan fingerprint density at radius 1 is 1.28 bits per heavy atom. The lowest BCUT2D eigenvalue weighted by Crippen LogP contribution is -2.34. The minimum Gasteiger partial charge on any atom is -0.480 e. The summed E-state index contributed by atoms with van der Waals surface area (Å²) in [6.07, 6.45) is 0. The molecule has 6 nitrogen and oxygen atoms in total. The van der Waals surface area contributed by atoms with Crippen LogP contribution in [0.2, 0.25) is 0 Å². The highest BCUT2D eigenvalue weighted by Gasteiger charge is 2.16.